The molecule has 0 spiro atoms. The molecule has 1 aliphatic rings. The first-order chi connectivity index (χ1) is 13.8. The Labute approximate surface area is 170 Å². The van der Waals surface area contributed by atoms with Crippen LogP contribution in [0.2, 0.25) is 0 Å². The Hall–Kier alpha value is -2.90. The molecule has 0 aliphatic carbocycles. The standard InChI is InChI=1S/C21H28N2O6/c1-4-6-17(24)15-7-8-18-16(12-15)23(21(28)14(3)29-18)13-19(25)22(10-5-2)11-9-20(26)27/h7-8,12,14H,4-6,9-11,13H2,1-3H3,(H,26,27). The van der Waals surface area contributed by atoms with Crippen LogP contribution in [0, 0.1) is 0 Å². The van der Waals surface area contributed by atoms with Gasteiger partial charge in [-0.3, -0.25) is 24.1 Å². The van der Waals surface area contributed by atoms with Gasteiger partial charge in [0.15, 0.2) is 11.9 Å². The van der Waals surface area contributed by atoms with Crippen LogP contribution in [0.5, 0.6) is 5.75 Å². The Morgan fingerprint density at radius 3 is 2.48 bits per heavy atom. The fraction of sp³-hybridized carbons (Fsp3) is 0.524. The summed E-state index contributed by atoms with van der Waals surface area (Å²) in [5.41, 5.74) is 0.850. The van der Waals surface area contributed by atoms with E-state index in [0.717, 1.165) is 0 Å². The lowest BCUT2D eigenvalue weighted by atomic mass is 10.0. The third kappa shape index (κ3) is 5.56. The van der Waals surface area contributed by atoms with Crippen LogP contribution in [0.3, 0.4) is 0 Å². The quantitative estimate of drug-likeness (QED) is 0.601. The number of hydrogen-bond acceptors (Lipinski definition) is 5. The molecule has 1 heterocycles. The third-order valence-corrected chi connectivity index (χ3v) is 4.70. The molecule has 1 aliphatic heterocycles. The number of ether oxygens (including phenoxy) is 1. The SMILES string of the molecule is CCCC(=O)c1ccc2c(c1)N(CC(=O)N(CCC)CCC(=O)O)C(=O)C(C)O2. The van der Waals surface area contributed by atoms with E-state index in [2.05, 4.69) is 0 Å². The first-order valence-corrected chi connectivity index (χ1v) is 9.93. The average molecular weight is 404 g/mol. The van der Waals surface area contributed by atoms with Gasteiger partial charge in [0.05, 0.1) is 12.1 Å². The molecule has 1 N–H and O–H groups in total. The minimum atomic E-state index is -0.987. The van der Waals surface area contributed by atoms with Crippen LogP contribution in [0.1, 0.15) is 56.8 Å². The molecule has 0 radical (unpaired) electrons. The van der Waals surface area contributed by atoms with Crippen molar-refractivity contribution in [3.63, 3.8) is 0 Å². The normalized spacial score (nSPS) is 15.5. The Balaban J connectivity index is 2.29. The number of ketones is 1. The predicted octanol–water partition coefficient (Wildman–Crippen LogP) is 2.50. The van der Waals surface area contributed by atoms with E-state index < -0.39 is 12.1 Å². The maximum Gasteiger partial charge on any atom is 0.305 e. The molecule has 0 saturated heterocycles. The number of benzene rings is 1. The van der Waals surface area contributed by atoms with Gasteiger partial charge in [0.25, 0.3) is 5.91 Å². The Kier molecular flexibility index (Phi) is 7.75. The summed E-state index contributed by atoms with van der Waals surface area (Å²) < 4.78 is 5.63. The summed E-state index contributed by atoms with van der Waals surface area (Å²) in [6.07, 6.45) is 0.852. The van der Waals surface area contributed by atoms with Gasteiger partial charge in [0.1, 0.15) is 12.3 Å². The first kappa shape index (κ1) is 22.4. The number of rotatable bonds is 10. The van der Waals surface area contributed by atoms with Crippen LogP contribution in [-0.4, -0.2) is 59.3 Å². The lowest BCUT2D eigenvalue weighted by Gasteiger charge is -2.34. The maximum atomic E-state index is 12.8. The molecule has 1 aromatic rings. The lowest BCUT2D eigenvalue weighted by Crippen LogP contribution is -2.50. The fourth-order valence-electron chi connectivity index (χ4n) is 3.21. The smallest absolute Gasteiger partial charge is 0.305 e. The maximum absolute atomic E-state index is 12.8. The highest BCUT2D eigenvalue weighted by Gasteiger charge is 2.34. The number of carboxylic acids is 1. The number of nitrogens with zero attached hydrogens (tertiary/aromatic N) is 2. The van der Waals surface area contributed by atoms with Gasteiger partial charge in [-0.15, -0.1) is 0 Å². The highest BCUT2D eigenvalue weighted by molar-refractivity contribution is 6.05. The number of Topliss-reactive ketones (excluding diaryl/α,β-unsaturated/α-hetero) is 1. The molecule has 8 heteroatoms. The summed E-state index contributed by atoms with van der Waals surface area (Å²) in [5.74, 6) is -1.31. The van der Waals surface area contributed by atoms with Crippen molar-refractivity contribution < 1.29 is 29.0 Å². The second-order valence-corrected chi connectivity index (χ2v) is 7.06. The van der Waals surface area contributed by atoms with Gasteiger partial charge in [0.2, 0.25) is 5.91 Å². The second kappa shape index (κ2) is 10.0. The van der Waals surface area contributed by atoms with Crippen molar-refractivity contribution in [1.82, 2.24) is 4.90 Å². The van der Waals surface area contributed by atoms with E-state index in [-0.39, 0.29) is 37.1 Å². The summed E-state index contributed by atoms with van der Waals surface area (Å²) in [6, 6.07) is 4.90. The van der Waals surface area contributed by atoms with Gasteiger partial charge in [-0.05, 0) is 38.0 Å². The Morgan fingerprint density at radius 1 is 1.14 bits per heavy atom. The van der Waals surface area contributed by atoms with Crippen LogP contribution in [-0.2, 0) is 14.4 Å². The van der Waals surface area contributed by atoms with E-state index in [1.165, 1.54) is 9.80 Å². The summed E-state index contributed by atoms with van der Waals surface area (Å²) >= 11 is 0. The monoisotopic (exact) mass is 404 g/mol. The number of carbonyl (C=O) groups excluding carboxylic acids is 3. The number of hydrogen-bond donors (Lipinski definition) is 1. The molecule has 1 unspecified atom stereocenters. The van der Waals surface area contributed by atoms with Crippen molar-refractivity contribution in [2.45, 2.75) is 52.6 Å². The Bertz CT molecular complexity index is 791. The van der Waals surface area contributed by atoms with E-state index in [0.29, 0.717) is 42.8 Å². The summed E-state index contributed by atoms with van der Waals surface area (Å²) in [7, 11) is 0. The summed E-state index contributed by atoms with van der Waals surface area (Å²) in [5, 5.41) is 8.92. The number of amides is 2. The highest BCUT2D eigenvalue weighted by Crippen LogP contribution is 2.35. The molecule has 0 aromatic heterocycles. The van der Waals surface area contributed by atoms with E-state index in [1.54, 1.807) is 25.1 Å². The van der Waals surface area contributed by atoms with Gasteiger partial charge in [-0.1, -0.05) is 13.8 Å². The van der Waals surface area contributed by atoms with Crippen LogP contribution >= 0.6 is 0 Å². The topological polar surface area (TPSA) is 104 Å². The van der Waals surface area contributed by atoms with E-state index in [9.17, 15) is 19.2 Å². The highest BCUT2D eigenvalue weighted by atomic mass is 16.5. The minimum Gasteiger partial charge on any atom is -0.481 e. The van der Waals surface area contributed by atoms with Crippen molar-refractivity contribution in [2.24, 2.45) is 0 Å². The van der Waals surface area contributed by atoms with Crippen molar-refractivity contribution in [1.29, 1.82) is 0 Å². The van der Waals surface area contributed by atoms with E-state index >= 15 is 0 Å². The molecular formula is C21H28N2O6. The van der Waals surface area contributed by atoms with Crippen LogP contribution < -0.4 is 9.64 Å². The van der Waals surface area contributed by atoms with Crippen LogP contribution in [0.4, 0.5) is 5.69 Å². The van der Waals surface area contributed by atoms with Crippen molar-refractivity contribution >= 4 is 29.3 Å². The number of aliphatic carboxylic acids is 1. The number of anilines is 1. The third-order valence-electron chi connectivity index (χ3n) is 4.70. The van der Waals surface area contributed by atoms with E-state index in [4.69, 9.17) is 9.84 Å². The van der Waals surface area contributed by atoms with Crippen molar-refractivity contribution in [3.05, 3.63) is 23.8 Å². The molecule has 1 atom stereocenters. The molecular weight excluding hydrogens is 376 g/mol. The minimum absolute atomic E-state index is 0.0401. The zero-order valence-corrected chi connectivity index (χ0v) is 17.1. The second-order valence-electron chi connectivity index (χ2n) is 7.06. The molecule has 2 rings (SSSR count). The van der Waals surface area contributed by atoms with E-state index in [1.807, 2.05) is 13.8 Å². The molecule has 29 heavy (non-hydrogen) atoms. The lowest BCUT2D eigenvalue weighted by molar-refractivity contribution is -0.139. The number of carboxylic acid groups (broad SMARTS) is 1. The largest absolute Gasteiger partial charge is 0.481 e. The van der Waals surface area contributed by atoms with Gasteiger partial charge in [0, 0.05) is 25.1 Å². The molecule has 0 saturated carbocycles. The van der Waals surface area contributed by atoms with Gasteiger partial charge < -0.3 is 14.7 Å². The van der Waals surface area contributed by atoms with Crippen LogP contribution in [0.25, 0.3) is 0 Å². The fourth-order valence-corrected chi connectivity index (χ4v) is 3.21. The van der Waals surface area contributed by atoms with Crippen LogP contribution in [0.15, 0.2) is 18.2 Å². The Morgan fingerprint density at radius 2 is 1.86 bits per heavy atom. The molecule has 158 valence electrons. The van der Waals surface area contributed by atoms with Crippen molar-refractivity contribution in [3.8, 4) is 5.75 Å². The number of fused-ring (bicyclic) bond motifs is 1. The van der Waals surface area contributed by atoms with Gasteiger partial charge in [-0.2, -0.15) is 0 Å². The predicted molar refractivity (Wildman–Crippen MR) is 107 cm³/mol. The molecule has 1 aromatic carbocycles. The van der Waals surface area contributed by atoms with Gasteiger partial charge in [-0.25, -0.2) is 0 Å². The van der Waals surface area contributed by atoms with Crippen molar-refractivity contribution in [2.75, 3.05) is 24.5 Å². The summed E-state index contributed by atoms with van der Waals surface area (Å²) in [4.78, 5) is 51.5. The molecule has 0 fully saturated rings. The molecule has 8 nitrogen and oxygen atoms in total. The zero-order chi connectivity index (χ0) is 21.6. The first-order valence-electron chi connectivity index (χ1n) is 9.93. The zero-order valence-electron chi connectivity index (χ0n) is 17.1. The number of carbonyl (C=O) groups is 4. The van der Waals surface area contributed by atoms with Gasteiger partial charge >= 0.3 is 5.97 Å². The molecule has 2 amide bonds. The average Bonchev–Trinajstić information content (AvgIpc) is 2.68. The molecule has 0 bridgehead atoms. The summed E-state index contributed by atoms with van der Waals surface area (Å²) in [6.45, 7) is 5.66.